The third-order valence-corrected chi connectivity index (χ3v) is 3.26. The van der Waals surface area contributed by atoms with Gasteiger partial charge in [-0.1, -0.05) is 29.8 Å². The molecule has 0 bridgehead atoms. The van der Waals surface area contributed by atoms with Gasteiger partial charge in [-0.05, 0) is 24.6 Å². The molecule has 19 heavy (non-hydrogen) atoms. The summed E-state index contributed by atoms with van der Waals surface area (Å²) in [5.41, 5.74) is 1.59. The molecule has 2 aromatic rings. The Morgan fingerprint density at radius 2 is 2.16 bits per heavy atom. The minimum atomic E-state index is -1.06. The molecular formula is C14H14ClNO3. The normalized spacial score (nSPS) is 12.3. The molecule has 4 nitrogen and oxygen atoms in total. The van der Waals surface area contributed by atoms with Crippen molar-refractivity contribution >= 4 is 17.6 Å². The molecule has 0 radical (unpaired) electrons. The number of hydrogen-bond acceptors (Lipinski definition) is 3. The molecular weight excluding hydrogens is 266 g/mol. The zero-order chi connectivity index (χ0) is 13.8. The van der Waals surface area contributed by atoms with Crippen molar-refractivity contribution in [1.29, 1.82) is 0 Å². The first-order valence-electron chi connectivity index (χ1n) is 5.87. The monoisotopic (exact) mass is 279 g/mol. The predicted octanol–water partition coefficient (Wildman–Crippen LogP) is 3.48. The zero-order valence-corrected chi connectivity index (χ0v) is 11.1. The first-order chi connectivity index (χ1) is 9.09. The van der Waals surface area contributed by atoms with Crippen LogP contribution < -0.4 is 5.32 Å². The summed E-state index contributed by atoms with van der Waals surface area (Å²) >= 11 is 6.11. The van der Waals surface area contributed by atoms with Gasteiger partial charge >= 0.3 is 5.97 Å². The second kappa shape index (κ2) is 5.91. The van der Waals surface area contributed by atoms with E-state index in [4.69, 9.17) is 21.1 Å². The van der Waals surface area contributed by atoms with Gasteiger partial charge < -0.3 is 14.8 Å². The predicted molar refractivity (Wildman–Crippen MR) is 72.4 cm³/mol. The van der Waals surface area contributed by atoms with Crippen molar-refractivity contribution < 1.29 is 14.3 Å². The van der Waals surface area contributed by atoms with Gasteiger partial charge in [-0.3, -0.25) is 0 Å². The van der Waals surface area contributed by atoms with Crippen molar-refractivity contribution in [1.82, 2.24) is 5.32 Å². The van der Waals surface area contributed by atoms with Gasteiger partial charge in [0, 0.05) is 23.2 Å². The highest BCUT2D eigenvalue weighted by molar-refractivity contribution is 6.31. The molecule has 5 heteroatoms. The van der Waals surface area contributed by atoms with Crippen LogP contribution in [0.5, 0.6) is 0 Å². The number of carbonyl (C=O) groups is 1. The molecule has 0 saturated carbocycles. The molecule has 0 aliphatic carbocycles. The minimum absolute atomic E-state index is 0.0187. The van der Waals surface area contributed by atoms with Gasteiger partial charge in [-0.15, -0.1) is 0 Å². The van der Waals surface area contributed by atoms with Crippen LogP contribution in [0.25, 0.3) is 0 Å². The van der Waals surface area contributed by atoms with Crippen LogP contribution in [0.3, 0.4) is 0 Å². The van der Waals surface area contributed by atoms with Gasteiger partial charge in [0.15, 0.2) is 0 Å². The number of carboxylic acid groups (broad SMARTS) is 1. The van der Waals surface area contributed by atoms with Crippen LogP contribution in [0.2, 0.25) is 5.02 Å². The van der Waals surface area contributed by atoms with E-state index >= 15 is 0 Å². The average Bonchev–Trinajstić information content (AvgIpc) is 2.85. The molecule has 100 valence electrons. The van der Waals surface area contributed by atoms with Gasteiger partial charge in [-0.2, -0.15) is 0 Å². The van der Waals surface area contributed by atoms with E-state index in [0.717, 1.165) is 5.56 Å². The molecule has 0 aliphatic heterocycles. The highest BCUT2D eigenvalue weighted by Crippen LogP contribution is 2.22. The Morgan fingerprint density at radius 3 is 2.84 bits per heavy atom. The Balaban J connectivity index is 2.05. The van der Waals surface area contributed by atoms with E-state index in [1.807, 2.05) is 31.2 Å². The second-order valence-electron chi connectivity index (χ2n) is 4.20. The third kappa shape index (κ3) is 3.16. The Morgan fingerprint density at radius 1 is 1.42 bits per heavy atom. The van der Waals surface area contributed by atoms with E-state index in [2.05, 4.69) is 5.32 Å². The molecule has 1 aromatic heterocycles. The maximum atomic E-state index is 10.9. The maximum absolute atomic E-state index is 10.9. The molecule has 2 rings (SSSR count). The van der Waals surface area contributed by atoms with Crippen LogP contribution in [0, 0.1) is 0 Å². The largest absolute Gasteiger partial charge is 0.475 e. The van der Waals surface area contributed by atoms with Gasteiger partial charge in [0.05, 0.1) is 6.26 Å². The number of halogens is 1. The van der Waals surface area contributed by atoms with E-state index in [0.29, 0.717) is 17.1 Å². The van der Waals surface area contributed by atoms with E-state index in [1.54, 1.807) is 6.07 Å². The number of carboxylic acids is 1. The molecule has 0 saturated heterocycles. The van der Waals surface area contributed by atoms with Gasteiger partial charge in [0.2, 0.25) is 5.76 Å². The third-order valence-electron chi connectivity index (χ3n) is 2.91. The molecule has 0 fully saturated rings. The van der Waals surface area contributed by atoms with E-state index in [9.17, 15) is 4.79 Å². The first-order valence-corrected chi connectivity index (χ1v) is 6.25. The summed E-state index contributed by atoms with van der Waals surface area (Å²) < 4.78 is 4.92. The SMILES string of the molecule is C[C@H](NCc1ccoc1C(=O)O)c1ccccc1Cl. The van der Waals surface area contributed by atoms with Crippen LogP contribution in [0.15, 0.2) is 41.0 Å². The number of benzene rings is 1. The minimum Gasteiger partial charge on any atom is -0.475 e. The topological polar surface area (TPSA) is 62.5 Å². The molecule has 1 heterocycles. The molecule has 0 amide bonds. The van der Waals surface area contributed by atoms with E-state index < -0.39 is 5.97 Å². The lowest BCUT2D eigenvalue weighted by Crippen LogP contribution is -2.19. The second-order valence-corrected chi connectivity index (χ2v) is 4.61. The number of aromatic carboxylic acids is 1. The number of nitrogens with one attached hydrogen (secondary N) is 1. The number of furan rings is 1. The molecule has 0 spiro atoms. The standard InChI is InChI=1S/C14H14ClNO3/c1-9(11-4-2-3-5-12(11)15)16-8-10-6-7-19-13(10)14(17)18/h2-7,9,16H,8H2,1H3,(H,17,18)/t9-/m0/s1. The van der Waals surface area contributed by atoms with Crippen molar-refractivity contribution in [2.75, 3.05) is 0 Å². The van der Waals surface area contributed by atoms with Crippen LogP contribution in [-0.4, -0.2) is 11.1 Å². The summed E-state index contributed by atoms with van der Waals surface area (Å²) in [4.78, 5) is 10.9. The summed E-state index contributed by atoms with van der Waals surface area (Å²) in [6, 6.07) is 9.22. The smallest absolute Gasteiger partial charge is 0.372 e. The fourth-order valence-corrected chi connectivity index (χ4v) is 2.16. The lowest BCUT2D eigenvalue weighted by Gasteiger charge is -2.15. The van der Waals surface area contributed by atoms with E-state index in [-0.39, 0.29) is 11.8 Å². The first kappa shape index (κ1) is 13.6. The van der Waals surface area contributed by atoms with Gasteiger partial charge in [0.1, 0.15) is 0 Å². The van der Waals surface area contributed by atoms with Crippen LogP contribution in [0.1, 0.15) is 34.6 Å². The number of rotatable bonds is 5. The zero-order valence-electron chi connectivity index (χ0n) is 10.4. The average molecular weight is 280 g/mol. The maximum Gasteiger partial charge on any atom is 0.372 e. The summed E-state index contributed by atoms with van der Waals surface area (Å²) in [6.07, 6.45) is 1.38. The Labute approximate surface area is 116 Å². The van der Waals surface area contributed by atoms with Crippen molar-refractivity contribution in [2.45, 2.75) is 19.5 Å². The van der Waals surface area contributed by atoms with Crippen molar-refractivity contribution in [3.05, 3.63) is 58.5 Å². The van der Waals surface area contributed by atoms with Crippen LogP contribution >= 0.6 is 11.6 Å². The Kier molecular flexibility index (Phi) is 4.24. The van der Waals surface area contributed by atoms with Crippen molar-refractivity contribution in [2.24, 2.45) is 0 Å². The quantitative estimate of drug-likeness (QED) is 0.879. The van der Waals surface area contributed by atoms with Gasteiger partial charge in [-0.25, -0.2) is 4.79 Å². The summed E-state index contributed by atoms with van der Waals surface area (Å²) in [6.45, 7) is 2.38. The lowest BCUT2D eigenvalue weighted by atomic mass is 10.1. The fourth-order valence-electron chi connectivity index (χ4n) is 1.86. The van der Waals surface area contributed by atoms with Crippen LogP contribution in [-0.2, 0) is 6.54 Å². The van der Waals surface area contributed by atoms with E-state index in [1.165, 1.54) is 6.26 Å². The van der Waals surface area contributed by atoms with Crippen LogP contribution in [0.4, 0.5) is 0 Å². The highest BCUT2D eigenvalue weighted by atomic mass is 35.5. The number of hydrogen-bond donors (Lipinski definition) is 2. The molecule has 0 aliphatic rings. The lowest BCUT2D eigenvalue weighted by molar-refractivity contribution is 0.0660. The molecule has 2 N–H and O–H groups in total. The summed E-state index contributed by atoms with van der Waals surface area (Å²) in [5, 5.41) is 12.9. The molecule has 1 aromatic carbocycles. The molecule has 1 atom stereocenters. The molecule has 0 unspecified atom stereocenters. The fraction of sp³-hybridized carbons (Fsp3) is 0.214. The van der Waals surface area contributed by atoms with Crippen molar-refractivity contribution in [3.8, 4) is 0 Å². The van der Waals surface area contributed by atoms with Gasteiger partial charge in [0.25, 0.3) is 0 Å². The van der Waals surface area contributed by atoms with Crippen molar-refractivity contribution in [3.63, 3.8) is 0 Å². The highest BCUT2D eigenvalue weighted by Gasteiger charge is 2.15. The summed E-state index contributed by atoms with van der Waals surface area (Å²) in [7, 11) is 0. The Hall–Kier alpha value is -1.78. The Bertz CT molecular complexity index is 580. The summed E-state index contributed by atoms with van der Waals surface area (Å²) in [5.74, 6) is -1.09.